The molecule has 0 heterocycles. The topological polar surface area (TPSA) is 26.0 Å². The predicted octanol–water partition coefficient (Wildman–Crippen LogP) is 2.08. The molecule has 1 aromatic rings. The van der Waals surface area contributed by atoms with Crippen molar-refractivity contribution in [3.63, 3.8) is 0 Å². The van der Waals surface area contributed by atoms with Gasteiger partial charge in [-0.15, -0.1) is 6.42 Å². The summed E-state index contributed by atoms with van der Waals surface area (Å²) >= 11 is 3.32. The van der Waals surface area contributed by atoms with E-state index in [9.17, 15) is 0 Å². The van der Waals surface area contributed by atoms with Gasteiger partial charge in [0, 0.05) is 4.47 Å². The fourth-order valence-corrected chi connectivity index (χ4v) is 1.03. The van der Waals surface area contributed by atoms with Gasteiger partial charge >= 0.3 is 0 Å². The molecular formula is C9H8BrN. The second-order valence-electron chi connectivity index (χ2n) is 2.20. The second-order valence-corrected chi connectivity index (χ2v) is 3.11. The summed E-state index contributed by atoms with van der Waals surface area (Å²) < 4.78 is 1.03. The van der Waals surface area contributed by atoms with Crippen LogP contribution in [0.3, 0.4) is 0 Å². The minimum Gasteiger partial charge on any atom is -0.314 e. The number of benzene rings is 1. The molecule has 1 aromatic carbocycles. The Hall–Kier alpha value is -0.780. The van der Waals surface area contributed by atoms with Gasteiger partial charge in [0.1, 0.15) is 0 Å². The Labute approximate surface area is 74.7 Å². The Balaban J connectivity index is 2.92. The van der Waals surface area contributed by atoms with E-state index in [0.29, 0.717) is 0 Å². The highest BCUT2D eigenvalue weighted by Gasteiger charge is 1.99. The zero-order valence-corrected chi connectivity index (χ0v) is 7.51. The molecule has 56 valence electrons. The molecule has 0 fully saturated rings. The van der Waals surface area contributed by atoms with Gasteiger partial charge in [0.25, 0.3) is 0 Å². The first-order valence-corrected chi connectivity index (χ1v) is 4.00. The minimum absolute atomic E-state index is 0.289. The molecule has 0 aromatic heterocycles. The Kier molecular flexibility index (Phi) is 2.70. The van der Waals surface area contributed by atoms with Gasteiger partial charge in [0.2, 0.25) is 0 Å². The van der Waals surface area contributed by atoms with Crippen LogP contribution in [0.2, 0.25) is 0 Å². The number of hydrogen-bond donors (Lipinski definition) is 1. The van der Waals surface area contributed by atoms with Crippen molar-refractivity contribution in [1.82, 2.24) is 0 Å². The number of halogens is 1. The summed E-state index contributed by atoms with van der Waals surface area (Å²) in [5.74, 6) is 2.46. The molecule has 1 unspecified atom stereocenters. The van der Waals surface area contributed by atoms with Crippen molar-refractivity contribution in [3.05, 3.63) is 34.3 Å². The molecule has 0 bridgehead atoms. The molecule has 1 atom stereocenters. The van der Waals surface area contributed by atoms with Crippen molar-refractivity contribution >= 4 is 15.9 Å². The molecule has 0 aliphatic heterocycles. The van der Waals surface area contributed by atoms with Crippen LogP contribution in [0.4, 0.5) is 0 Å². The molecule has 0 spiro atoms. The standard InChI is InChI=1S/C9H8BrN/c1-2-9(11)7-3-5-8(10)6-4-7/h1,3-6,9H,11H2. The Morgan fingerprint density at radius 3 is 2.36 bits per heavy atom. The molecule has 11 heavy (non-hydrogen) atoms. The van der Waals surface area contributed by atoms with Crippen molar-refractivity contribution in [2.75, 3.05) is 0 Å². The highest BCUT2D eigenvalue weighted by atomic mass is 79.9. The van der Waals surface area contributed by atoms with E-state index < -0.39 is 0 Å². The van der Waals surface area contributed by atoms with Crippen molar-refractivity contribution in [2.45, 2.75) is 6.04 Å². The van der Waals surface area contributed by atoms with Gasteiger partial charge < -0.3 is 5.73 Å². The molecule has 1 rings (SSSR count). The summed E-state index contributed by atoms with van der Waals surface area (Å²) in [5, 5.41) is 0. The third-order valence-electron chi connectivity index (χ3n) is 1.41. The van der Waals surface area contributed by atoms with Gasteiger partial charge in [-0.05, 0) is 17.7 Å². The molecule has 0 aliphatic carbocycles. The minimum atomic E-state index is -0.289. The SMILES string of the molecule is C#CC(N)c1ccc(Br)cc1. The third kappa shape index (κ3) is 2.07. The fourth-order valence-electron chi connectivity index (χ4n) is 0.766. The van der Waals surface area contributed by atoms with Crippen molar-refractivity contribution in [3.8, 4) is 12.3 Å². The molecule has 1 nitrogen and oxygen atoms in total. The first-order chi connectivity index (χ1) is 5.24. The summed E-state index contributed by atoms with van der Waals surface area (Å²) in [6.07, 6.45) is 5.16. The summed E-state index contributed by atoms with van der Waals surface area (Å²) in [6.45, 7) is 0. The maximum Gasteiger partial charge on any atom is 0.0918 e. The third-order valence-corrected chi connectivity index (χ3v) is 1.94. The Bertz CT molecular complexity index is 271. The van der Waals surface area contributed by atoms with Crippen LogP contribution in [0.5, 0.6) is 0 Å². The molecule has 0 saturated heterocycles. The van der Waals surface area contributed by atoms with Gasteiger partial charge in [-0.3, -0.25) is 0 Å². The average Bonchev–Trinajstić information content (AvgIpc) is 2.05. The number of nitrogens with two attached hydrogens (primary N) is 1. The van der Waals surface area contributed by atoms with Crippen molar-refractivity contribution < 1.29 is 0 Å². The van der Waals surface area contributed by atoms with Gasteiger partial charge in [0.15, 0.2) is 0 Å². The Morgan fingerprint density at radius 1 is 1.36 bits per heavy atom. The van der Waals surface area contributed by atoms with Gasteiger partial charge in [-0.25, -0.2) is 0 Å². The molecule has 2 N–H and O–H groups in total. The van der Waals surface area contributed by atoms with Crippen LogP contribution in [0.25, 0.3) is 0 Å². The normalized spacial score (nSPS) is 12.1. The van der Waals surface area contributed by atoms with E-state index in [1.165, 1.54) is 0 Å². The summed E-state index contributed by atoms with van der Waals surface area (Å²) in [5.41, 5.74) is 6.56. The first kappa shape index (κ1) is 8.32. The van der Waals surface area contributed by atoms with E-state index in [-0.39, 0.29) is 6.04 Å². The van der Waals surface area contributed by atoms with Crippen LogP contribution in [-0.4, -0.2) is 0 Å². The van der Waals surface area contributed by atoms with Crippen LogP contribution >= 0.6 is 15.9 Å². The van der Waals surface area contributed by atoms with Crippen LogP contribution < -0.4 is 5.73 Å². The molecular weight excluding hydrogens is 202 g/mol. The lowest BCUT2D eigenvalue weighted by molar-refractivity contribution is 0.946. The highest BCUT2D eigenvalue weighted by molar-refractivity contribution is 9.10. The zero-order chi connectivity index (χ0) is 8.27. The highest BCUT2D eigenvalue weighted by Crippen LogP contribution is 2.14. The van der Waals surface area contributed by atoms with E-state index in [2.05, 4.69) is 21.9 Å². The van der Waals surface area contributed by atoms with Crippen LogP contribution in [0, 0.1) is 12.3 Å². The van der Waals surface area contributed by atoms with E-state index in [1.807, 2.05) is 24.3 Å². The summed E-state index contributed by atoms with van der Waals surface area (Å²) in [4.78, 5) is 0. The fraction of sp³-hybridized carbons (Fsp3) is 0.111. The lowest BCUT2D eigenvalue weighted by Gasteiger charge is -2.02. The zero-order valence-electron chi connectivity index (χ0n) is 5.92. The van der Waals surface area contributed by atoms with E-state index >= 15 is 0 Å². The Morgan fingerprint density at radius 2 is 1.91 bits per heavy atom. The summed E-state index contributed by atoms with van der Waals surface area (Å²) in [7, 11) is 0. The monoisotopic (exact) mass is 209 g/mol. The van der Waals surface area contributed by atoms with Crippen LogP contribution in [0.1, 0.15) is 11.6 Å². The molecule has 0 amide bonds. The number of hydrogen-bond acceptors (Lipinski definition) is 1. The molecule has 0 aliphatic rings. The van der Waals surface area contributed by atoms with Gasteiger partial charge in [-0.1, -0.05) is 34.0 Å². The molecule has 0 radical (unpaired) electrons. The summed E-state index contributed by atoms with van der Waals surface area (Å²) in [6, 6.07) is 7.38. The maximum atomic E-state index is 5.59. The maximum absolute atomic E-state index is 5.59. The molecule has 0 saturated carbocycles. The molecule has 2 heteroatoms. The second kappa shape index (κ2) is 3.56. The van der Waals surface area contributed by atoms with Gasteiger partial charge in [0.05, 0.1) is 6.04 Å². The van der Waals surface area contributed by atoms with Crippen LogP contribution in [0.15, 0.2) is 28.7 Å². The largest absolute Gasteiger partial charge is 0.314 e. The lowest BCUT2D eigenvalue weighted by atomic mass is 10.1. The quantitative estimate of drug-likeness (QED) is 0.705. The lowest BCUT2D eigenvalue weighted by Crippen LogP contribution is -2.06. The number of terminal acetylenes is 1. The van der Waals surface area contributed by atoms with Crippen molar-refractivity contribution in [1.29, 1.82) is 0 Å². The number of rotatable bonds is 1. The van der Waals surface area contributed by atoms with E-state index in [1.54, 1.807) is 0 Å². The van der Waals surface area contributed by atoms with E-state index in [4.69, 9.17) is 12.2 Å². The van der Waals surface area contributed by atoms with Crippen LogP contribution in [-0.2, 0) is 0 Å². The van der Waals surface area contributed by atoms with Crippen molar-refractivity contribution in [2.24, 2.45) is 5.73 Å². The van der Waals surface area contributed by atoms with Gasteiger partial charge in [-0.2, -0.15) is 0 Å². The van der Waals surface area contributed by atoms with E-state index in [0.717, 1.165) is 10.0 Å². The smallest absolute Gasteiger partial charge is 0.0918 e. The first-order valence-electron chi connectivity index (χ1n) is 3.21. The predicted molar refractivity (Wildman–Crippen MR) is 49.9 cm³/mol. The average molecular weight is 210 g/mol.